The van der Waals surface area contributed by atoms with E-state index in [1.54, 1.807) is 13.0 Å². The van der Waals surface area contributed by atoms with E-state index in [0.29, 0.717) is 17.2 Å². The molecule has 0 saturated heterocycles. The van der Waals surface area contributed by atoms with Crippen molar-refractivity contribution in [3.8, 4) is 11.6 Å². The van der Waals surface area contributed by atoms with Gasteiger partial charge in [-0.1, -0.05) is 0 Å². The van der Waals surface area contributed by atoms with Gasteiger partial charge in [-0.2, -0.15) is 5.10 Å². The van der Waals surface area contributed by atoms with Gasteiger partial charge in [0.2, 0.25) is 5.88 Å². The van der Waals surface area contributed by atoms with Crippen molar-refractivity contribution in [1.82, 2.24) is 10.2 Å². The van der Waals surface area contributed by atoms with E-state index < -0.39 is 11.6 Å². The van der Waals surface area contributed by atoms with Crippen LogP contribution in [0, 0.1) is 6.92 Å². The molecule has 0 unspecified atom stereocenters. The predicted octanol–water partition coefficient (Wildman–Crippen LogP) is 2.13. The molecule has 1 aromatic carbocycles. The van der Waals surface area contributed by atoms with Crippen molar-refractivity contribution >= 4 is 23.2 Å². The van der Waals surface area contributed by atoms with Gasteiger partial charge in [-0.25, -0.2) is 14.7 Å². The summed E-state index contributed by atoms with van der Waals surface area (Å²) in [5.74, 6) is -1.31. The van der Waals surface area contributed by atoms with Gasteiger partial charge >= 0.3 is 11.6 Å². The number of carbonyl (C=O) groups is 2. The number of hydrogen-bond acceptors (Lipinski definition) is 6. The molecular weight excluding hydrogens is 304 g/mol. The van der Waals surface area contributed by atoms with Crippen LogP contribution in [0.4, 0.5) is 0 Å². The van der Waals surface area contributed by atoms with Crippen LogP contribution < -0.4 is 10.4 Å². The van der Waals surface area contributed by atoms with E-state index in [-0.39, 0.29) is 28.3 Å². The molecule has 0 radical (unpaired) electrons. The molecule has 0 aliphatic carbocycles. The van der Waals surface area contributed by atoms with E-state index in [0.717, 1.165) is 6.20 Å². The number of carbonyl (C=O) groups excluding carboxylic acids is 1. The molecule has 23 heavy (non-hydrogen) atoms. The summed E-state index contributed by atoms with van der Waals surface area (Å²) in [4.78, 5) is 34.0. The Kier molecular flexibility index (Phi) is 3.41. The molecule has 0 bridgehead atoms. The second kappa shape index (κ2) is 5.41. The molecule has 116 valence electrons. The van der Waals surface area contributed by atoms with E-state index in [1.807, 2.05) is 0 Å². The lowest BCUT2D eigenvalue weighted by molar-refractivity contribution is 0.0694. The molecule has 0 saturated carbocycles. The van der Waals surface area contributed by atoms with Crippen LogP contribution in [0.25, 0.3) is 11.0 Å². The fourth-order valence-electron chi connectivity index (χ4n) is 2.20. The van der Waals surface area contributed by atoms with Crippen molar-refractivity contribution in [2.24, 2.45) is 0 Å². The van der Waals surface area contributed by atoms with Crippen molar-refractivity contribution in [2.75, 3.05) is 0 Å². The number of carboxylic acid groups (broad SMARTS) is 1. The zero-order valence-corrected chi connectivity index (χ0v) is 11.8. The fourth-order valence-corrected chi connectivity index (χ4v) is 2.20. The maximum Gasteiger partial charge on any atom is 0.342 e. The number of aromatic amines is 1. The molecule has 8 heteroatoms. The first-order valence-corrected chi connectivity index (χ1v) is 6.48. The third-order valence-corrected chi connectivity index (χ3v) is 3.28. The number of fused-ring (bicyclic) bond motifs is 1. The van der Waals surface area contributed by atoms with E-state index in [2.05, 4.69) is 10.2 Å². The largest absolute Gasteiger partial charge is 0.477 e. The van der Waals surface area contributed by atoms with Crippen molar-refractivity contribution in [1.29, 1.82) is 0 Å². The molecule has 3 rings (SSSR count). The third kappa shape index (κ3) is 2.46. The van der Waals surface area contributed by atoms with Gasteiger partial charge in [0.1, 0.15) is 16.9 Å². The molecule has 0 aliphatic rings. The highest BCUT2D eigenvalue weighted by atomic mass is 16.5. The molecule has 0 amide bonds. The molecule has 2 N–H and O–H groups in total. The second-order valence-corrected chi connectivity index (χ2v) is 4.74. The van der Waals surface area contributed by atoms with Crippen molar-refractivity contribution in [3.05, 3.63) is 51.5 Å². The molecular formula is C15H10N2O6. The molecule has 3 aromatic rings. The lowest BCUT2D eigenvalue weighted by Gasteiger charge is -2.09. The van der Waals surface area contributed by atoms with Gasteiger partial charge in [-0.15, -0.1) is 0 Å². The zero-order chi connectivity index (χ0) is 16.6. The van der Waals surface area contributed by atoms with Crippen LogP contribution in [0.5, 0.6) is 11.6 Å². The number of rotatable bonds is 4. The van der Waals surface area contributed by atoms with E-state index in [1.165, 1.54) is 12.1 Å². The Bertz CT molecular complexity index is 985. The minimum Gasteiger partial charge on any atom is -0.477 e. The molecule has 2 aromatic heterocycles. The molecule has 0 spiro atoms. The summed E-state index contributed by atoms with van der Waals surface area (Å²) in [6, 6.07) is 4.42. The van der Waals surface area contributed by atoms with E-state index in [9.17, 15) is 14.4 Å². The van der Waals surface area contributed by atoms with Crippen LogP contribution in [-0.2, 0) is 0 Å². The lowest BCUT2D eigenvalue weighted by atomic mass is 10.1. The van der Waals surface area contributed by atoms with E-state index >= 15 is 0 Å². The van der Waals surface area contributed by atoms with Crippen LogP contribution in [0.15, 0.2) is 33.6 Å². The zero-order valence-electron chi connectivity index (χ0n) is 11.8. The summed E-state index contributed by atoms with van der Waals surface area (Å²) < 4.78 is 10.5. The quantitative estimate of drug-likeness (QED) is 0.558. The second-order valence-electron chi connectivity index (χ2n) is 4.74. The summed E-state index contributed by atoms with van der Waals surface area (Å²) >= 11 is 0. The van der Waals surface area contributed by atoms with Crippen LogP contribution in [-0.4, -0.2) is 27.6 Å². The summed E-state index contributed by atoms with van der Waals surface area (Å²) in [6.45, 7) is 1.71. The number of benzene rings is 1. The van der Waals surface area contributed by atoms with Crippen molar-refractivity contribution < 1.29 is 23.8 Å². The Balaban J connectivity index is 2.18. The molecule has 8 nitrogen and oxygen atoms in total. The van der Waals surface area contributed by atoms with Crippen molar-refractivity contribution in [3.63, 3.8) is 0 Å². The van der Waals surface area contributed by atoms with Crippen LogP contribution in [0.3, 0.4) is 0 Å². The SMILES string of the molecule is Cc1cc(=O)oc2c(C=O)c(Oc3[nH]ncc3C(=O)O)ccc12. The number of ether oxygens (including phenoxy) is 1. The van der Waals surface area contributed by atoms with Gasteiger partial charge in [0.15, 0.2) is 11.9 Å². The van der Waals surface area contributed by atoms with Gasteiger partial charge in [0.05, 0.1) is 6.20 Å². The number of aromatic carboxylic acids is 1. The van der Waals surface area contributed by atoms with Gasteiger partial charge in [0, 0.05) is 11.5 Å². The predicted molar refractivity (Wildman–Crippen MR) is 78.2 cm³/mol. The first kappa shape index (κ1) is 14.5. The Morgan fingerprint density at radius 1 is 1.43 bits per heavy atom. The van der Waals surface area contributed by atoms with Gasteiger partial charge in [-0.05, 0) is 24.6 Å². The summed E-state index contributed by atoms with van der Waals surface area (Å²) in [6.07, 6.45) is 1.57. The number of aldehydes is 1. The highest BCUT2D eigenvalue weighted by Gasteiger charge is 2.18. The first-order chi connectivity index (χ1) is 11.0. The minimum atomic E-state index is -1.23. The number of carboxylic acids is 1. The van der Waals surface area contributed by atoms with Crippen LogP contribution >= 0.6 is 0 Å². The first-order valence-electron chi connectivity index (χ1n) is 6.48. The summed E-state index contributed by atoms with van der Waals surface area (Å²) in [5.41, 5.74) is -0.0394. The molecule has 0 fully saturated rings. The average Bonchev–Trinajstić information content (AvgIpc) is 2.95. The number of aromatic nitrogens is 2. The maximum absolute atomic E-state index is 11.5. The Morgan fingerprint density at radius 3 is 2.91 bits per heavy atom. The average molecular weight is 314 g/mol. The minimum absolute atomic E-state index is 0.00855. The van der Waals surface area contributed by atoms with Crippen LogP contribution in [0.2, 0.25) is 0 Å². The fraction of sp³-hybridized carbons (Fsp3) is 0.0667. The monoisotopic (exact) mass is 314 g/mol. The highest BCUT2D eigenvalue weighted by molar-refractivity contribution is 5.98. The van der Waals surface area contributed by atoms with Crippen LogP contribution in [0.1, 0.15) is 26.3 Å². The smallest absolute Gasteiger partial charge is 0.342 e. The van der Waals surface area contributed by atoms with E-state index in [4.69, 9.17) is 14.3 Å². The third-order valence-electron chi connectivity index (χ3n) is 3.28. The maximum atomic E-state index is 11.5. The number of aryl methyl sites for hydroxylation is 1. The summed E-state index contributed by atoms with van der Waals surface area (Å²) in [7, 11) is 0. The van der Waals surface area contributed by atoms with Gasteiger partial charge in [0.25, 0.3) is 0 Å². The number of hydrogen-bond donors (Lipinski definition) is 2. The molecule has 0 atom stereocenters. The number of nitrogens with zero attached hydrogens (tertiary/aromatic N) is 1. The normalized spacial score (nSPS) is 10.7. The highest BCUT2D eigenvalue weighted by Crippen LogP contribution is 2.31. The Labute approximate surface area is 128 Å². The van der Waals surface area contributed by atoms with Gasteiger partial charge < -0.3 is 14.3 Å². The summed E-state index contributed by atoms with van der Waals surface area (Å²) in [5, 5.41) is 15.6. The molecule has 2 heterocycles. The number of nitrogens with one attached hydrogen (secondary N) is 1. The standard InChI is InChI=1S/C15H10N2O6/c1-7-4-12(19)23-13-8(7)2-3-11(10(13)6-18)22-14-9(15(20)21)5-16-17-14/h2-6H,1H3,(H,16,17)(H,20,21). The van der Waals surface area contributed by atoms with Crippen molar-refractivity contribution in [2.45, 2.75) is 6.92 Å². The number of H-pyrrole nitrogens is 1. The Hall–Kier alpha value is -3.42. The van der Waals surface area contributed by atoms with Gasteiger partial charge in [-0.3, -0.25) is 4.79 Å². The Morgan fingerprint density at radius 2 is 2.22 bits per heavy atom. The molecule has 0 aliphatic heterocycles. The topological polar surface area (TPSA) is 122 Å². The lowest BCUT2D eigenvalue weighted by Crippen LogP contribution is -2.02.